The molecule has 0 aromatic heterocycles. The number of nitrogens with two attached hydrogens (primary N) is 1. The highest BCUT2D eigenvalue weighted by molar-refractivity contribution is 5.96. The third-order valence-electron chi connectivity index (χ3n) is 2.21. The Morgan fingerprint density at radius 1 is 1.29 bits per heavy atom. The van der Waals surface area contributed by atoms with Gasteiger partial charge in [-0.2, -0.15) is 0 Å². The number of amides is 2. The molecule has 0 aliphatic carbocycles. The molecule has 0 aliphatic heterocycles. The lowest BCUT2D eigenvalue weighted by Gasteiger charge is -2.06. The Morgan fingerprint density at radius 3 is 2.71 bits per heavy atom. The number of hydrogen-bond acceptors (Lipinski definition) is 3. The number of carbonyl (C=O) groups excluding carboxylic acids is 2. The summed E-state index contributed by atoms with van der Waals surface area (Å²) in [6, 6.07) is 7.02. The van der Waals surface area contributed by atoms with Crippen LogP contribution in [0.25, 0.3) is 0 Å². The van der Waals surface area contributed by atoms with Gasteiger partial charge in [-0.25, -0.2) is 0 Å². The Morgan fingerprint density at radius 2 is 2.06 bits per heavy atom. The van der Waals surface area contributed by atoms with Crippen molar-refractivity contribution in [2.75, 3.05) is 13.1 Å². The minimum absolute atomic E-state index is 0.0144. The van der Waals surface area contributed by atoms with Gasteiger partial charge in [0.2, 0.25) is 5.91 Å². The lowest BCUT2D eigenvalue weighted by atomic mass is 10.1. The average molecular weight is 235 g/mol. The van der Waals surface area contributed by atoms with Crippen molar-refractivity contribution in [2.24, 2.45) is 5.73 Å². The lowest BCUT2D eigenvalue weighted by molar-refractivity contribution is -0.120. The van der Waals surface area contributed by atoms with Crippen molar-refractivity contribution in [3.63, 3.8) is 0 Å². The normalized spacial score (nSPS) is 9.76. The Bertz CT molecular complexity index is 404. The van der Waals surface area contributed by atoms with Crippen LogP contribution in [-0.4, -0.2) is 24.9 Å². The van der Waals surface area contributed by atoms with Gasteiger partial charge in [0.1, 0.15) is 0 Å². The molecule has 5 nitrogen and oxygen atoms in total. The van der Waals surface area contributed by atoms with Crippen LogP contribution in [0.4, 0.5) is 0 Å². The average Bonchev–Trinajstić information content (AvgIpc) is 2.36. The van der Waals surface area contributed by atoms with E-state index in [4.69, 9.17) is 5.73 Å². The topological polar surface area (TPSA) is 84.2 Å². The zero-order valence-electron chi connectivity index (χ0n) is 9.82. The van der Waals surface area contributed by atoms with E-state index in [1.165, 1.54) is 0 Å². The fraction of sp³-hybridized carbons (Fsp3) is 0.333. The minimum Gasteiger partial charge on any atom is -0.355 e. The Kier molecular flexibility index (Phi) is 5.16. The number of rotatable bonds is 5. The molecule has 1 aromatic rings. The number of likely N-dealkylation sites (N-methyl/N-ethyl adjacent to an activating group) is 1. The summed E-state index contributed by atoms with van der Waals surface area (Å²) < 4.78 is 0. The molecule has 0 aliphatic rings. The molecule has 2 amide bonds. The SMILES string of the molecule is CCNC(=O)CNC(=O)c1cccc(CN)c1. The molecule has 0 unspecified atom stereocenters. The van der Waals surface area contributed by atoms with Crippen LogP contribution in [0.1, 0.15) is 22.8 Å². The maximum absolute atomic E-state index is 11.7. The maximum atomic E-state index is 11.7. The van der Waals surface area contributed by atoms with E-state index in [1.807, 2.05) is 13.0 Å². The van der Waals surface area contributed by atoms with Gasteiger partial charge in [-0.05, 0) is 24.6 Å². The molecule has 0 radical (unpaired) electrons. The minimum atomic E-state index is -0.272. The Hall–Kier alpha value is -1.88. The summed E-state index contributed by atoms with van der Waals surface area (Å²) in [7, 11) is 0. The van der Waals surface area contributed by atoms with Gasteiger partial charge in [0.05, 0.1) is 6.54 Å². The van der Waals surface area contributed by atoms with Gasteiger partial charge in [-0.1, -0.05) is 12.1 Å². The quantitative estimate of drug-likeness (QED) is 0.672. The monoisotopic (exact) mass is 235 g/mol. The van der Waals surface area contributed by atoms with Gasteiger partial charge in [0, 0.05) is 18.7 Å². The molecule has 0 bridgehead atoms. The van der Waals surface area contributed by atoms with Crippen LogP contribution in [0.2, 0.25) is 0 Å². The van der Waals surface area contributed by atoms with Crippen molar-refractivity contribution in [3.05, 3.63) is 35.4 Å². The third-order valence-corrected chi connectivity index (χ3v) is 2.21. The number of carbonyl (C=O) groups is 2. The molecule has 0 saturated heterocycles. The molecule has 1 aromatic carbocycles. The molecule has 0 saturated carbocycles. The van der Waals surface area contributed by atoms with Crippen LogP contribution in [0.15, 0.2) is 24.3 Å². The molecule has 1 rings (SSSR count). The highest BCUT2D eigenvalue weighted by atomic mass is 16.2. The van der Waals surface area contributed by atoms with E-state index in [2.05, 4.69) is 10.6 Å². The zero-order chi connectivity index (χ0) is 12.7. The summed E-state index contributed by atoms with van der Waals surface area (Å²) in [4.78, 5) is 22.8. The lowest BCUT2D eigenvalue weighted by Crippen LogP contribution is -2.36. The van der Waals surface area contributed by atoms with Crippen LogP contribution in [0, 0.1) is 0 Å². The van der Waals surface area contributed by atoms with E-state index in [1.54, 1.807) is 18.2 Å². The first-order valence-electron chi connectivity index (χ1n) is 5.51. The van der Waals surface area contributed by atoms with E-state index in [0.717, 1.165) is 5.56 Å². The first kappa shape index (κ1) is 13.2. The van der Waals surface area contributed by atoms with E-state index >= 15 is 0 Å². The second-order valence-corrected chi connectivity index (χ2v) is 3.54. The van der Waals surface area contributed by atoms with Crippen LogP contribution in [-0.2, 0) is 11.3 Å². The Balaban J connectivity index is 2.54. The zero-order valence-corrected chi connectivity index (χ0v) is 9.82. The number of hydrogen-bond donors (Lipinski definition) is 3. The van der Waals surface area contributed by atoms with E-state index < -0.39 is 0 Å². The van der Waals surface area contributed by atoms with Crippen LogP contribution < -0.4 is 16.4 Å². The summed E-state index contributed by atoms with van der Waals surface area (Å²) in [6.45, 7) is 2.75. The standard InChI is InChI=1S/C12H17N3O2/c1-2-14-11(16)8-15-12(17)10-5-3-4-9(6-10)7-13/h3-6H,2,7-8,13H2,1H3,(H,14,16)(H,15,17). The number of benzene rings is 1. The van der Waals surface area contributed by atoms with Gasteiger partial charge in [0.15, 0.2) is 0 Å². The van der Waals surface area contributed by atoms with Gasteiger partial charge in [-0.15, -0.1) is 0 Å². The highest BCUT2D eigenvalue weighted by Crippen LogP contribution is 2.04. The van der Waals surface area contributed by atoms with Crippen molar-refractivity contribution in [3.8, 4) is 0 Å². The second kappa shape index (κ2) is 6.65. The predicted octanol–water partition coefficient (Wildman–Crippen LogP) is 0.0112. The van der Waals surface area contributed by atoms with Gasteiger partial charge in [0.25, 0.3) is 5.91 Å². The van der Waals surface area contributed by atoms with Gasteiger partial charge in [-0.3, -0.25) is 9.59 Å². The van der Waals surface area contributed by atoms with Crippen molar-refractivity contribution < 1.29 is 9.59 Å². The van der Waals surface area contributed by atoms with Crippen molar-refractivity contribution in [2.45, 2.75) is 13.5 Å². The molecule has 4 N–H and O–H groups in total. The molecule has 0 heterocycles. The van der Waals surface area contributed by atoms with Crippen LogP contribution >= 0.6 is 0 Å². The summed E-state index contributed by atoms with van der Waals surface area (Å²) in [5, 5.41) is 5.14. The maximum Gasteiger partial charge on any atom is 0.251 e. The van der Waals surface area contributed by atoms with E-state index in [9.17, 15) is 9.59 Å². The predicted molar refractivity (Wildman–Crippen MR) is 65.4 cm³/mol. The van der Waals surface area contributed by atoms with Crippen molar-refractivity contribution in [1.82, 2.24) is 10.6 Å². The molecule has 17 heavy (non-hydrogen) atoms. The summed E-state index contributed by atoms with van der Waals surface area (Å²) in [5.74, 6) is -0.470. The van der Waals surface area contributed by atoms with Crippen molar-refractivity contribution >= 4 is 11.8 Å². The molecule has 0 spiro atoms. The summed E-state index contributed by atoms with van der Waals surface area (Å²) in [5.41, 5.74) is 6.88. The van der Waals surface area contributed by atoms with E-state index in [-0.39, 0.29) is 18.4 Å². The van der Waals surface area contributed by atoms with Crippen LogP contribution in [0.5, 0.6) is 0 Å². The fourth-order valence-electron chi connectivity index (χ4n) is 1.36. The first-order chi connectivity index (χ1) is 8.17. The second-order valence-electron chi connectivity index (χ2n) is 3.54. The fourth-order valence-corrected chi connectivity index (χ4v) is 1.36. The van der Waals surface area contributed by atoms with E-state index in [0.29, 0.717) is 18.7 Å². The molecular weight excluding hydrogens is 218 g/mol. The van der Waals surface area contributed by atoms with Crippen molar-refractivity contribution in [1.29, 1.82) is 0 Å². The number of nitrogens with one attached hydrogen (secondary N) is 2. The summed E-state index contributed by atoms with van der Waals surface area (Å²) >= 11 is 0. The molecule has 0 fully saturated rings. The largest absolute Gasteiger partial charge is 0.355 e. The van der Waals surface area contributed by atoms with Gasteiger partial charge >= 0.3 is 0 Å². The Labute approximate surface area is 100 Å². The first-order valence-corrected chi connectivity index (χ1v) is 5.51. The molecule has 0 atom stereocenters. The molecule has 92 valence electrons. The van der Waals surface area contributed by atoms with Crippen LogP contribution in [0.3, 0.4) is 0 Å². The molecule has 5 heteroatoms. The molecular formula is C12H17N3O2. The van der Waals surface area contributed by atoms with Gasteiger partial charge < -0.3 is 16.4 Å². The smallest absolute Gasteiger partial charge is 0.251 e. The summed E-state index contributed by atoms with van der Waals surface area (Å²) in [6.07, 6.45) is 0. The third kappa shape index (κ3) is 4.24. The highest BCUT2D eigenvalue weighted by Gasteiger charge is 2.07.